The summed E-state index contributed by atoms with van der Waals surface area (Å²) >= 11 is 0. The van der Waals surface area contributed by atoms with Crippen LogP contribution < -0.4 is 4.90 Å². The van der Waals surface area contributed by atoms with E-state index in [9.17, 15) is 5.11 Å². The zero-order valence-corrected chi connectivity index (χ0v) is 8.30. The Balaban J connectivity index is 2.11. The maximum Gasteiger partial charge on any atom is 0.131 e. The summed E-state index contributed by atoms with van der Waals surface area (Å²) in [7, 11) is 0. The van der Waals surface area contributed by atoms with E-state index in [0.29, 0.717) is 12.5 Å². The Morgan fingerprint density at radius 2 is 2.36 bits per heavy atom. The Bertz CT molecular complexity index is 281. The number of nitrogens with zero attached hydrogens (tertiary/aromatic N) is 3. The predicted molar refractivity (Wildman–Crippen MR) is 54.0 cm³/mol. The van der Waals surface area contributed by atoms with Gasteiger partial charge >= 0.3 is 0 Å². The van der Waals surface area contributed by atoms with Crippen LogP contribution in [-0.2, 0) is 0 Å². The van der Waals surface area contributed by atoms with Crippen molar-refractivity contribution in [2.45, 2.75) is 19.4 Å². The molecule has 1 saturated heterocycles. The van der Waals surface area contributed by atoms with Crippen LogP contribution in [0.25, 0.3) is 0 Å². The fraction of sp³-hybridized carbons (Fsp3) is 0.600. The molecule has 0 radical (unpaired) electrons. The molecule has 1 aliphatic heterocycles. The van der Waals surface area contributed by atoms with Gasteiger partial charge in [0, 0.05) is 19.3 Å². The van der Waals surface area contributed by atoms with E-state index in [4.69, 9.17) is 0 Å². The van der Waals surface area contributed by atoms with Crippen LogP contribution in [0.15, 0.2) is 18.6 Å². The second kappa shape index (κ2) is 3.92. The van der Waals surface area contributed by atoms with Gasteiger partial charge in [0.2, 0.25) is 0 Å². The van der Waals surface area contributed by atoms with E-state index < -0.39 is 0 Å². The number of hydrogen-bond acceptors (Lipinski definition) is 4. The van der Waals surface area contributed by atoms with Gasteiger partial charge in [0.05, 0.1) is 6.10 Å². The van der Waals surface area contributed by atoms with Crippen molar-refractivity contribution in [3.8, 4) is 0 Å². The minimum atomic E-state index is -0.228. The van der Waals surface area contributed by atoms with E-state index in [0.717, 1.165) is 18.8 Å². The van der Waals surface area contributed by atoms with Gasteiger partial charge in [0.15, 0.2) is 0 Å². The number of β-amino-alcohol motifs (C(OH)–C–C–N with tert-alkyl or cyclic N) is 1. The summed E-state index contributed by atoms with van der Waals surface area (Å²) in [6.07, 6.45) is 3.94. The molecule has 2 atom stereocenters. The van der Waals surface area contributed by atoms with Crippen molar-refractivity contribution in [1.82, 2.24) is 9.97 Å². The highest BCUT2D eigenvalue weighted by atomic mass is 16.3. The first-order valence-electron chi connectivity index (χ1n) is 4.94. The Morgan fingerprint density at radius 3 is 3.00 bits per heavy atom. The lowest BCUT2D eigenvalue weighted by atomic mass is 9.98. The van der Waals surface area contributed by atoms with Gasteiger partial charge in [-0.3, -0.25) is 0 Å². The third-order valence-electron chi connectivity index (χ3n) is 2.53. The average molecular weight is 193 g/mol. The molecule has 2 rings (SSSR count). The number of aromatic nitrogens is 2. The molecule has 4 heteroatoms. The number of aliphatic hydroxyl groups excluding tert-OH is 1. The van der Waals surface area contributed by atoms with Gasteiger partial charge in [0.25, 0.3) is 0 Å². The van der Waals surface area contributed by atoms with E-state index in [1.165, 1.54) is 0 Å². The van der Waals surface area contributed by atoms with E-state index in [1.807, 2.05) is 6.07 Å². The van der Waals surface area contributed by atoms with Gasteiger partial charge < -0.3 is 10.0 Å². The maximum atomic E-state index is 9.63. The zero-order chi connectivity index (χ0) is 9.97. The minimum absolute atomic E-state index is 0.228. The SMILES string of the molecule is CC1CC(O)CN(c2ccncn2)C1. The van der Waals surface area contributed by atoms with Gasteiger partial charge in [0.1, 0.15) is 12.1 Å². The van der Waals surface area contributed by atoms with Gasteiger partial charge in [-0.15, -0.1) is 0 Å². The highest BCUT2D eigenvalue weighted by Gasteiger charge is 2.23. The van der Waals surface area contributed by atoms with E-state index in [1.54, 1.807) is 12.5 Å². The second-order valence-corrected chi connectivity index (χ2v) is 3.97. The third kappa shape index (κ3) is 2.01. The summed E-state index contributed by atoms with van der Waals surface area (Å²) in [5.41, 5.74) is 0. The molecule has 76 valence electrons. The molecule has 0 bridgehead atoms. The largest absolute Gasteiger partial charge is 0.391 e. The minimum Gasteiger partial charge on any atom is -0.391 e. The van der Waals surface area contributed by atoms with Gasteiger partial charge in [-0.2, -0.15) is 0 Å². The highest BCUT2D eigenvalue weighted by molar-refractivity contribution is 5.37. The highest BCUT2D eigenvalue weighted by Crippen LogP contribution is 2.20. The van der Waals surface area contributed by atoms with Crippen molar-refractivity contribution in [3.63, 3.8) is 0 Å². The molecule has 0 saturated carbocycles. The van der Waals surface area contributed by atoms with Crippen molar-refractivity contribution in [2.24, 2.45) is 5.92 Å². The number of piperidine rings is 1. The van der Waals surface area contributed by atoms with E-state index in [-0.39, 0.29) is 6.10 Å². The number of hydrogen-bond donors (Lipinski definition) is 1. The average Bonchev–Trinajstić information content (AvgIpc) is 2.18. The lowest BCUT2D eigenvalue weighted by Gasteiger charge is -2.34. The molecular formula is C10H15N3O. The summed E-state index contributed by atoms with van der Waals surface area (Å²) < 4.78 is 0. The van der Waals surface area contributed by atoms with Crippen LogP contribution in [0.3, 0.4) is 0 Å². The quantitative estimate of drug-likeness (QED) is 0.712. The lowest BCUT2D eigenvalue weighted by molar-refractivity contribution is 0.132. The Morgan fingerprint density at radius 1 is 1.50 bits per heavy atom. The normalized spacial score (nSPS) is 27.7. The third-order valence-corrected chi connectivity index (χ3v) is 2.53. The van der Waals surface area contributed by atoms with Gasteiger partial charge in [-0.1, -0.05) is 6.92 Å². The van der Waals surface area contributed by atoms with Crippen LogP contribution in [0.1, 0.15) is 13.3 Å². The zero-order valence-electron chi connectivity index (χ0n) is 8.30. The fourth-order valence-electron chi connectivity index (χ4n) is 1.98. The molecule has 1 fully saturated rings. The molecule has 0 spiro atoms. The van der Waals surface area contributed by atoms with Gasteiger partial charge in [-0.05, 0) is 18.4 Å². The van der Waals surface area contributed by atoms with Crippen molar-refractivity contribution in [3.05, 3.63) is 18.6 Å². The van der Waals surface area contributed by atoms with Crippen molar-refractivity contribution in [2.75, 3.05) is 18.0 Å². The van der Waals surface area contributed by atoms with Gasteiger partial charge in [-0.25, -0.2) is 9.97 Å². The Hall–Kier alpha value is -1.16. The molecule has 1 aliphatic rings. The van der Waals surface area contributed by atoms with Crippen LogP contribution in [0.2, 0.25) is 0 Å². The molecule has 14 heavy (non-hydrogen) atoms. The predicted octanol–water partition coefficient (Wildman–Crippen LogP) is 0.684. The molecule has 0 aromatic carbocycles. The molecule has 0 aliphatic carbocycles. The molecule has 4 nitrogen and oxygen atoms in total. The van der Waals surface area contributed by atoms with E-state index in [2.05, 4.69) is 21.8 Å². The number of rotatable bonds is 1. The molecule has 0 amide bonds. The molecule has 2 heterocycles. The monoisotopic (exact) mass is 193 g/mol. The van der Waals surface area contributed by atoms with Crippen LogP contribution in [0, 0.1) is 5.92 Å². The van der Waals surface area contributed by atoms with Crippen LogP contribution in [0.5, 0.6) is 0 Å². The van der Waals surface area contributed by atoms with Crippen LogP contribution in [-0.4, -0.2) is 34.3 Å². The second-order valence-electron chi connectivity index (χ2n) is 3.97. The topological polar surface area (TPSA) is 49.2 Å². The van der Waals surface area contributed by atoms with E-state index >= 15 is 0 Å². The fourth-order valence-corrected chi connectivity index (χ4v) is 1.98. The summed E-state index contributed by atoms with van der Waals surface area (Å²) in [5.74, 6) is 1.43. The van der Waals surface area contributed by atoms with Crippen molar-refractivity contribution < 1.29 is 5.11 Å². The summed E-state index contributed by atoms with van der Waals surface area (Å²) in [4.78, 5) is 10.2. The molecule has 2 unspecified atom stereocenters. The first kappa shape index (κ1) is 9.40. The number of anilines is 1. The van der Waals surface area contributed by atoms with Crippen molar-refractivity contribution >= 4 is 5.82 Å². The summed E-state index contributed by atoms with van der Waals surface area (Å²) in [5, 5.41) is 9.63. The standard InChI is InChI=1S/C10H15N3O/c1-8-4-9(14)6-13(5-8)10-2-3-11-7-12-10/h2-3,7-9,14H,4-6H2,1H3. The molecule has 1 aromatic heterocycles. The Labute approximate surface area is 83.6 Å². The molecule has 1 aromatic rings. The summed E-state index contributed by atoms with van der Waals surface area (Å²) in [6, 6.07) is 1.88. The summed E-state index contributed by atoms with van der Waals surface area (Å²) in [6.45, 7) is 3.80. The lowest BCUT2D eigenvalue weighted by Crippen LogP contribution is -2.42. The maximum absolute atomic E-state index is 9.63. The Kier molecular flexibility index (Phi) is 2.63. The number of aliphatic hydroxyl groups is 1. The van der Waals surface area contributed by atoms with Crippen LogP contribution in [0.4, 0.5) is 5.82 Å². The molecular weight excluding hydrogens is 178 g/mol. The molecule has 1 N–H and O–H groups in total. The first-order valence-corrected chi connectivity index (χ1v) is 4.94. The van der Waals surface area contributed by atoms with Crippen molar-refractivity contribution in [1.29, 1.82) is 0 Å². The smallest absolute Gasteiger partial charge is 0.131 e. The van der Waals surface area contributed by atoms with Crippen LogP contribution >= 0.6 is 0 Å². The first-order chi connectivity index (χ1) is 6.75.